The summed E-state index contributed by atoms with van der Waals surface area (Å²) in [5.41, 5.74) is 1.08. The molecule has 0 spiro atoms. The molecule has 0 amide bonds. The van der Waals surface area contributed by atoms with Crippen molar-refractivity contribution >= 4 is 17.3 Å². The van der Waals surface area contributed by atoms with Crippen molar-refractivity contribution < 1.29 is 0 Å². The number of pyridine rings is 1. The highest BCUT2D eigenvalue weighted by Crippen LogP contribution is 2.17. The first kappa shape index (κ1) is 13.6. The summed E-state index contributed by atoms with van der Waals surface area (Å²) in [6.45, 7) is 5.92. The summed E-state index contributed by atoms with van der Waals surface area (Å²) in [4.78, 5) is 6.68. The lowest BCUT2D eigenvalue weighted by Gasteiger charge is -2.20. The SMILES string of the molecule is CCCN1CCCC(Nc2ccc(Cl)nc2)CC1. The molecule has 1 fully saturated rings. The molecule has 1 aromatic rings. The number of likely N-dealkylation sites (tertiary alicyclic amines) is 1. The Kier molecular flexibility index (Phi) is 5.26. The molecular formula is C14H22ClN3. The molecule has 0 radical (unpaired) electrons. The lowest BCUT2D eigenvalue weighted by atomic mass is 10.1. The molecule has 2 heterocycles. The average molecular weight is 268 g/mol. The number of nitrogens with one attached hydrogen (secondary N) is 1. The van der Waals surface area contributed by atoms with Crippen LogP contribution in [0.5, 0.6) is 0 Å². The van der Waals surface area contributed by atoms with Crippen LogP contribution in [0.25, 0.3) is 0 Å². The molecule has 1 aliphatic heterocycles. The van der Waals surface area contributed by atoms with Crippen LogP contribution >= 0.6 is 11.6 Å². The Balaban J connectivity index is 1.84. The first-order valence-corrected chi connectivity index (χ1v) is 7.26. The van der Waals surface area contributed by atoms with E-state index in [9.17, 15) is 0 Å². The van der Waals surface area contributed by atoms with Gasteiger partial charge in [-0.2, -0.15) is 0 Å². The molecule has 2 rings (SSSR count). The minimum Gasteiger partial charge on any atom is -0.381 e. The minimum absolute atomic E-state index is 0.551. The molecule has 1 aromatic heterocycles. The molecular weight excluding hydrogens is 246 g/mol. The Hall–Kier alpha value is -0.800. The molecule has 0 aromatic carbocycles. The van der Waals surface area contributed by atoms with Crippen LogP contribution < -0.4 is 5.32 Å². The van der Waals surface area contributed by atoms with Gasteiger partial charge in [0.25, 0.3) is 0 Å². The van der Waals surface area contributed by atoms with Gasteiger partial charge in [-0.15, -0.1) is 0 Å². The highest BCUT2D eigenvalue weighted by molar-refractivity contribution is 6.29. The lowest BCUT2D eigenvalue weighted by Crippen LogP contribution is -2.27. The summed E-state index contributed by atoms with van der Waals surface area (Å²) in [7, 11) is 0. The van der Waals surface area contributed by atoms with Gasteiger partial charge in [-0.1, -0.05) is 18.5 Å². The second kappa shape index (κ2) is 6.95. The number of nitrogens with zero attached hydrogens (tertiary/aromatic N) is 2. The average Bonchev–Trinajstić information content (AvgIpc) is 2.59. The standard InChI is InChI=1S/C14H22ClN3/c1-2-8-18-9-3-4-12(7-10-18)17-13-5-6-14(15)16-11-13/h5-6,11-12,17H,2-4,7-10H2,1H3. The largest absolute Gasteiger partial charge is 0.381 e. The van der Waals surface area contributed by atoms with Crippen molar-refractivity contribution in [2.24, 2.45) is 0 Å². The van der Waals surface area contributed by atoms with Gasteiger partial charge in [0.05, 0.1) is 11.9 Å². The van der Waals surface area contributed by atoms with Gasteiger partial charge in [-0.25, -0.2) is 4.98 Å². The van der Waals surface area contributed by atoms with E-state index in [1.165, 1.54) is 45.3 Å². The summed E-state index contributed by atoms with van der Waals surface area (Å²) in [5.74, 6) is 0. The zero-order valence-corrected chi connectivity index (χ0v) is 11.8. The molecule has 4 heteroatoms. The smallest absolute Gasteiger partial charge is 0.129 e. The number of halogens is 1. The van der Waals surface area contributed by atoms with Crippen molar-refractivity contribution in [3.05, 3.63) is 23.5 Å². The topological polar surface area (TPSA) is 28.2 Å². The van der Waals surface area contributed by atoms with E-state index in [0.29, 0.717) is 11.2 Å². The first-order valence-electron chi connectivity index (χ1n) is 6.88. The van der Waals surface area contributed by atoms with E-state index in [4.69, 9.17) is 11.6 Å². The second-order valence-corrected chi connectivity index (χ2v) is 5.37. The Bertz CT molecular complexity index is 353. The fraction of sp³-hybridized carbons (Fsp3) is 0.643. The summed E-state index contributed by atoms with van der Waals surface area (Å²) in [6, 6.07) is 4.41. The van der Waals surface area contributed by atoms with Crippen LogP contribution in [0, 0.1) is 0 Å². The van der Waals surface area contributed by atoms with Crippen molar-refractivity contribution in [1.29, 1.82) is 0 Å². The quantitative estimate of drug-likeness (QED) is 0.848. The Morgan fingerprint density at radius 3 is 3.00 bits per heavy atom. The van der Waals surface area contributed by atoms with Crippen LogP contribution in [-0.2, 0) is 0 Å². The third-order valence-electron chi connectivity index (χ3n) is 3.46. The van der Waals surface area contributed by atoms with Crippen molar-refractivity contribution in [2.75, 3.05) is 25.0 Å². The van der Waals surface area contributed by atoms with Crippen LogP contribution in [0.2, 0.25) is 5.15 Å². The van der Waals surface area contributed by atoms with Crippen molar-refractivity contribution in [1.82, 2.24) is 9.88 Å². The normalized spacial score (nSPS) is 21.6. The van der Waals surface area contributed by atoms with Crippen LogP contribution in [0.3, 0.4) is 0 Å². The monoisotopic (exact) mass is 267 g/mol. The third kappa shape index (κ3) is 4.14. The van der Waals surface area contributed by atoms with Gasteiger partial charge >= 0.3 is 0 Å². The van der Waals surface area contributed by atoms with E-state index >= 15 is 0 Å². The van der Waals surface area contributed by atoms with Crippen molar-refractivity contribution in [3.8, 4) is 0 Å². The zero-order chi connectivity index (χ0) is 12.8. The maximum absolute atomic E-state index is 5.79. The number of hydrogen-bond donors (Lipinski definition) is 1. The van der Waals surface area contributed by atoms with E-state index in [0.717, 1.165) is 5.69 Å². The predicted molar refractivity (Wildman–Crippen MR) is 77.2 cm³/mol. The van der Waals surface area contributed by atoms with Gasteiger partial charge in [-0.3, -0.25) is 0 Å². The molecule has 100 valence electrons. The molecule has 0 saturated carbocycles. The molecule has 0 bridgehead atoms. The van der Waals surface area contributed by atoms with Gasteiger partial charge < -0.3 is 10.2 Å². The Morgan fingerprint density at radius 1 is 1.39 bits per heavy atom. The van der Waals surface area contributed by atoms with Crippen molar-refractivity contribution in [3.63, 3.8) is 0 Å². The van der Waals surface area contributed by atoms with Crippen LogP contribution in [-0.4, -0.2) is 35.6 Å². The van der Waals surface area contributed by atoms with Gasteiger partial charge in [0.2, 0.25) is 0 Å². The fourth-order valence-electron chi connectivity index (χ4n) is 2.54. The highest BCUT2D eigenvalue weighted by Gasteiger charge is 2.16. The van der Waals surface area contributed by atoms with Gasteiger partial charge in [0.15, 0.2) is 0 Å². The van der Waals surface area contributed by atoms with E-state index in [-0.39, 0.29) is 0 Å². The van der Waals surface area contributed by atoms with Gasteiger partial charge in [-0.05, 0) is 50.9 Å². The second-order valence-electron chi connectivity index (χ2n) is 4.98. The number of hydrogen-bond acceptors (Lipinski definition) is 3. The lowest BCUT2D eigenvalue weighted by molar-refractivity contribution is 0.285. The fourth-order valence-corrected chi connectivity index (χ4v) is 2.65. The predicted octanol–water partition coefficient (Wildman–Crippen LogP) is 3.41. The van der Waals surface area contributed by atoms with Gasteiger partial charge in [0.1, 0.15) is 5.15 Å². The zero-order valence-electron chi connectivity index (χ0n) is 11.0. The van der Waals surface area contributed by atoms with Gasteiger partial charge in [0, 0.05) is 12.6 Å². The Labute approximate surface area is 115 Å². The third-order valence-corrected chi connectivity index (χ3v) is 3.68. The maximum Gasteiger partial charge on any atom is 0.129 e. The molecule has 1 unspecified atom stereocenters. The van der Waals surface area contributed by atoms with Crippen LogP contribution in [0.4, 0.5) is 5.69 Å². The highest BCUT2D eigenvalue weighted by atomic mass is 35.5. The minimum atomic E-state index is 0.551. The van der Waals surface area contributed by atoms with E-state index in [1.807, 2.05) is 18.3 Å². The van der Waals surface area contributed by atoms with E-state index in [1.54, 1.807) is 0 Å². The molecule has 1 N–H and O–H groups in total. The number of aromatic nitrogens is 1. The molecule has 1 saturated heterocycles. The molecule has 18 heavy (non-hydrogen) atoms. The summed E-state index contributed by atoms with van der Waals surface area (Å²) < 4.78 is 0. The number of rotatable bonds is 4. The first-order chi connectivity index (χ1) is 8.78. The summed E-state index contributed by atoms with van der Waals surface area (Å²) >= 11 is 5.79. The summed E-state index contributed by atoms with van der Waals surface area (Å²) in [6.07, 6.45) is 6.79. The van der Waals surface area contributed by atoms with Crippen molar-refractivity contribution in [2.45, 2.75) is 38.6 Å². The maximum atomic E-state index is 5.79. The molecule has 3 nitrogen and oxygen atoms in total. The molecule has 0 aliphatic carbocycles. The summed E-state index contributed by atoms with van der Waals surface area (Å²) in [5, 5.41) is 4.11. The van der Waals surface area contributed by atoms with E-state index in [2.05, 4.69) is 22.1 Å². The van der Waals surface area contributed by atoms with Crippen LogP contribution in [0.1, 0.15) is 32.6 Å². The van der Waals surface area contributed by atoms with E-state index < -0.39 is 0 Å². The molecule has 1 atom stereocenters. The van der Waals surface area contributed by atoms with Crippen LogP contribution in [0.15, 0.2) is 18.3 Å². The number of anilines is 1. The molecule has 1 aliphatic rings. The Morgan fingerprint density at radius 2 is 2.28 bits per heavy atom.